The number of rotatable bonds is 9. The third-order valence-corrected chi connectivity index (χ3v) is 8.61. The van der Waals surface area contributed by atoms with Gasteiger partial charge in [0, 0.05) is 26.1 Å². The van der Waals surface area contributed by atoms with Crippen molar-refractivity contribution in [3.63, 3.8) is 0 Å². The lowest BCUT2D eigenvalue weighted by Crippen LogP contribution is -2.43. The molecule has 8 heteroatoms. The molecule has 0 aromatic heterocycles. The molecule has 0 bridgehead atoms. The van der Waals surface area contributed by atoms with Crippen LogP contribution in [-0.2, 0) is 19.4 Å². The molecular formula is C22H30N2O5S. The van der Waals surface area contributed by atoms with Crippen LogP contribution in [0.4, 0.5) is 0 Å². The summed E-state index contributed by atoms with van der Waals surface area (Å²) in [6, 6.07) is 7.47. The summed E-state index contributed by atoms with van der Waals surface area (Å²) in [5.41, 5.74) is 2.27. The first-order valence-electron chi connectivity index (χ1n) is 10.3. The van der Waals surface area contributed by atoms with Gasteiger partial charge >= 0.3 is 0 Å². The first-order valence-corrected chi connectivity index (χ1v) is 12.0. The SMILES string of the molecule is COc1ccc(C2=NN=C(CC(=O)C(C)(C)S(=O)(=O)CCC3CCOCC3)C2)cc1. The van der Waals surface area contributed by atoms with Crippen LogP contribution in [0.2, 0.25) is 0 Å². The smallest absolute Gasteiger partial charge is 0.162 e. The monoisotopic (exact) mass is 434 g/mol. The van der Waals surface area contributed by atoms with Gasteiger partial charge in [-0.25, -0.2) is 8.42 Å². The Morgan fingerprint density at radius 2 is 1.83 bits per heavy atom. The van der Waals surface area contributed by atoms with Crippen LogP contribution in [0.5, 0.6) is 5.75 Å². The van der Waals surface area contributed by atoms with Gasteiger partial charge in [0.05, 0.1) is 24.3 Å². The molecule has 0 amide bonds. The quantitative estimate of drug-likeness (QED) is 0.595. The standard InChI is InChI=1S/C22H30N2O5S/c1-22(2,30(26,27)13-10-16-8-11-29-12-9-16)21(25)15-18-14-20(24-23-18)17-4-6-19(28-3)7-5-17/h4-7,16H,8-15H2,1-3H3. The topological polar surface area (TPSA) is 94.4 Å². The molecule has 0 N–H and O–H groups in total. The first-order chi connectivity index (χ1) is 14.2. The number of hydrogen-bond acceptors (Lipinski definition) is 7. The number of sulfone groups is 1. The fraction of sp³-hybridized carbons (Fsp3) is 0.591. The van der Waals surface area contributed by atoms with Gasteiger partial charge in [-0.2, -0.15) is 10.2 Å². The molecule has 3 rings (SSSR count). The number of nitrogens with zero attached hydrogens (tertiary/aromatic N) is 2. The van der Waals surface area contributed by atoms with E-state index in [1.165, 1.54) is 13.8 Å². The molecule has 1 aromatic rings. The van der Waals surface area contributed by atoms with E-state index in [9.17, 15) is 13.2 Å². The van der Waals surface area contributed by atoms with Gasteiger partial charge in [0.1, 0.15) is 10.5 Å². The van der Waals surface area contributed by atoms with E-state index >= 15 is 0 Å². The Morgan fingerprint density at radius 3 is 2.47 bits per heavy atom. The minimum atomic E-state index is -3.57. The third kappa shape index (κ3) is 5.16. The second-order valence-corrected chi connectivity index (χ2v) is 11.1. The summed E-state index contributed by atoms with van der Waals surface area (Å²) in [5.74, 6) is 0.788. The Kier molecular flexibility index (Phi) is 7.08. The van der Waals surface area contributed by atoms with Crippen LogP contribution in [0.1, 0.15) is 51.5 Å². The number of hydrogen-bond donors (Lipinski definition) is 0. The maximum atomic E-state index is 12.9. The van der Waals surface area contributed by atoms with Crippen molar-refractivity contribution < 1.29 is 22.7 Å². The van der Waals surface area contributed by atoms with E-state index in [1.807, 2.05) is 24.3 Å². The van der Waals surface area contributed by atoms with E-state index in [4.69, 9.17) is 9.47 Å². The van der Waals surface area contributed by atoms with Crippen LogP contribution >= 0.6 is 0 Å². The second-order valence-electron chi connectivity index (χ2n) is 8.39. The lowest BCUT2D eigenvalue weighted by molar-refractivity contribution is -0.119. The molecular weight excluding hydrogens is 404 g/mol. The number of carbonyl (C=O) groups excluding carboxylic acids is 1. The number of benzene rings is 1. The molecule has 7 nitrogen and oxygen atoms in total. The lowest BCUT2D eigenvalue weighted by atomic mass is 9.97. The highest BCUT2D eigenvalue weighted by Crippen LogP contribution is 2.27. The van der Waals surface area contributed by atoms with Gasteiger partial charge in [0.2, 0.25) is 0 Å². The molecule has 30 heavy (non-hydrogen) atoms. The Balaban J connectivity index is 1.56. The van der Waals surface area contributed by atoms with E-state index in [0.29, 0.717) is 37.7 Å². The van der Waals surface area contributed by atoms with Crippen molar-refractivity contribution in [2.75, 3.05) is 26.1 Å². The summed E-state index contributed by atoms with van der Waals surface area (Å²) >= 11 is 0. The normalized spacial score (nSPS) is 18.1. The molecule has 1 aromatic carbocycles. The van der Waals surface area contributed by atoms with Gasteiger partial charge in [0.25, 0.3) is 0 Å². The molecule has 0 unspecified atom stereocenters. The molecule has 2 aliphatic rings. The van der Waals surface area contributed by atoms with Gasteiger partial charge in [0.15, 0.2) is 15.6 Å². The maximum Gasteiger partial charge on any atom is 0.162 e. The number of Topliss-reactive ketones (excluding diaryl/α,β-unsaturated/α-hetero) is 1. The minimum Gasteiger partial charge on any atom is -0.497 e. The summed E-state index contributed by atoms with van der Waals surface area (Å²) in [7, 11) is -1.96. The predicted octanol–water partition coefficient (Wildman–Crippen LogP) is 3.21. The van der Waals surface area contributed by atoms with Gasteiger partial charge in [-0.15, -0.1) is 0 Å². The summed E-state index contributed by atoms with van der Waals surface area (Å²) < 4.78 is 34.9. The van der Waals surface area contributed by atoms with Crippen molar-refractivity contribution in [1.82, 2.24) is 0 Å². The number of ketones is 1. The van der Waals surface area contributed by atoms with Crippen molar-refractivity contribution in [1.29, 1.82) is 0 Å². The Bertz CT molecular complexity index is 927. The van der Waals surface area contributed by atoms with Crippen LogP contribution in [0, 0.1) is 5.92 Å². The summed E-state index contributed by atoms with van der Waals surface area (Å²) in [4.78, 5) is 12.9. The molecule has 2 heterocycles. The molecule has 2 aliphatic heterocycles. The highest BCUT2D eigenvalue weighted by atomic mass is 32.2. The predicted molar refractivity (Wildman–Crippen MR) is 117 cm³/mol. The first kappa shape index (κ1) is 22.6. The number of methoxy groups -OCH3 is 1. The number of ether oxygens (including phenoxy) is 2. The molecule has 164 valence electrons. The molecule has 0 aliphatic carbocycles. The van der Waals surface area contributed by atoms with E-state index in [1.54, 1.807) is 7.11 Å². The molecule has 0 spiro atoms. The van der Waals surface area contributed by atoms with E-state index in [-0.39, 0.29) is 18.0 Å². The molecule has 1 saturated heterocycles. The van der Waals surface area contributed by atoms with E-state index in [0.717, 1.165) is 29.9 Å². The molecule has 1 fully saturated rings. The maximum absolute atomic E-state index is 12.9. The van der Waals surface area contributed by atoms with Crippen molar-refractivity contribution in [2.24, 2.45) is 16.1 Å². The molecule has 0 radical (unpaired) electrons. The zero-order chi connectivity index (χ0) is 21.8. The Hall–Kier alpha value is -2.06. The zero-order valence-electron chi connectivity index (χ0n) is 17.9. The molecule has 0 saturated carbocycles. The van der Waals surface area contributed by atoms with Crippen LogP contribution < -0.4 is 4.74 Å². The van der Waals surface area contributed by atoms with Crippen molar-refractivity contribution >= 4 is 27.0 Å². The Labute approximate surface area is 178 Å². The van der Waals surface area contributed by atoms with Gasteiger partial charge in [-0.3, -0.25) is 4.79 Å². The van der Waals surface area contributed by atoms with Crippen LogP contribution in [0.3, 0.4) is 0 Å². The van der Waals surface area contributed by atoms with Crippen LogP contribution in [0.15, 0.2) is 34.5 Å². The number of carbonyl (C=O) groups is 1. The highest BCUT2D eigenvalue weighted by molar-refractivity contribution is 7.93. The van der Waals surface area contributed by atoms with E-state index in [2.05, 4.69) is 10.2 Å². The highest BCUT2D eigenvalue weighted by Gasteiger charge is 2.41. The zero-order valence-corrected chi connectivity index (χ0v) is 18.7. The van der Waals surface area contributed by atoms with Crippen LogP contribution in [-0.4, -0.2) is 56.4 Å². The lowest BCUT2D eigenvalue weighted by Gasteiger charge is -2.26. The average molecular weight is 435 g/mol. The van der Waals surface area contributed by atoms with Crippen molar-refractivity contribution in [3.8, 4) is 5.75 Å². The molecule has 0 atom stereocenters. The Morgan fingerprint density at radius 1 is 1.17 bits per heavy atom. The summed E-state index contributed by atoms with van der Waals surface area (Å²) in [6.45, 7) is 4.39. The van der Waals surface area contributed by atoms with Gasteiger partial charge in [-0.05, 0) is 68.9 Å². The van der Waals surface area contributed by atoms with Gasteiger partial charge in [-0.1, -0.05) is 0 Å². The summed E-state index contributed by atoms with van der Waals surface area (Å²) in [6.07, 6.45) is 2.77. The van der Waals surface area contributed by atoms with Crippen molar-refractivity contribution in [2.45, 2.75) is 50.7 Å². The van der Waals surface area contributed by atoms with Crippen molar-refractivity contribution in [3.05, 3.63) is 29.8 Å². The van der Waals surface area contributed by atoms with Crippen LogP contribution in [0.25, 0.3) is 0 Å². The second kappa shape index (κ2) is 9.39. The largest absolute Gasteiger partial charge is 0.497 e. The average Bonchev–Trinajstić information content (AvgIpc) is 3.21. The minimum absolute atomic E-state index is 0.00729. The summed E-state index contributed by atoms with van der Waals surface area (Å²) in [5, 5.41) is 8.32. The van der Waals surface area contributed by atoms with E-state index < -0.39 is 14.6 Å². The fourth-order valence-corrected chi connectivity index (χ4v) is 5.19. The van der Waals surface area contributed by atoms with Gasteiger partial charge < -0.3 is 9.47 Å². The third-order valence-electron chi connectivity index (χ3n) is 6.06. The fourth-order valence-electron chi connectivity index (χ4n) is 3.62.